The van der Waals surface area contributed by atoms with Gasteiger partial charge in [0.1, 0.15) is 12.4 Å². The Hall–Kier alpha value is -1.39. The van der Waals surface area contributed by atoms with Gasteiger partial charge in [0.25, 0.3) is 0 Å². The molecule has 0 saturated heterocycles. The number of nitrogens with zero attached hydrogens (tertiary/aromatic N) is 1. The lowest BCUT2D eigenvalue weighted by molar-refractivity contribution is 0.0831. The molecule has 0 radical (unpaired) electrons. The van der Waals surface area contributed by atoms with Crippen molar-refractivity contribution in [3.05, 3.63) is 59.4 Å². The van der Waals surface area contributed by atoms with Crippen LogP contribution >= 0.6 is 23.2 Å². The highest BCUT2D eigenvalue weighted by Gasteiger charge is 2.87. The van der Waals surface area contributed by atoms with E-state index >= 15 is 0 Å². The van der Waals surface area contributed by atoms with Crippen LogP contribution in [0.25, 0.3) is 0 Å². The van der Waals surface area contributed by atoms with Crippen LogP contribution in [0.2, 0.25) is 0 Å². The molecule has 1 aromatic heterocycles. The second-order valence-corrected chi connectivity index (χ2v) is 8.07. The van der Waals surface area contributed by atoms with Crippen molar-refractivity contribution in [2.45, 2.75) is 28.5 Å². The van der Waals surface area contributed by atoms with Gasteiger partial charge in [0.2, 0.25) is 0 Å². The molecule has 3 aliphatic carbocycles. The number of pyridine rings is 1. The van der Waals surface area contributed by atoms with Crippen LogP contribution in [0.1, 0.15) is 29.5 Å². The highest BCUT2D eigenvalue weighted by Crippen LogP contribution is 2.87. The van der Waals surface area contributed by atoms with E-state index in [0.29, 0.717) is 6.42 Å². The maximum Gasteiger partial charge on any atom is 0.165 e. The lowest BCUT2D eigenvalue weighted by atomic mass is 9.60. The molecule has 0 amide bonds. The smallest absolute Gasteiger partial charge is 0.165 e. The first-order valence-corrected chi connectivity index (χ1v) is 8.66. The highest BCUT2D eigenvalue weighted by atomic mass is 35.5. The number of ether oxygens (including phenoxy) is 1. The normalized spacial score (nSPS) is 37.9. The van der Waals surface area contributed by atoms with Crippen molar-refractivity contribution in [2.75, 3.05) is 6.61 Å². The Kier molecular flexibility index (Phi) is 2.87. The van der Waals surface area contributed by atoms with Crippen LogP contribution < -0.4 is 4.74 Å². The largest absolute Gasteiger partial charge is 0.489 e. The predicted octanol–water partition coefficient (Wildman–Crippen LogP) is 4.61. The molecular formula is C18H13Cl2F2NO. The summed E-state index contributed by atoms with van der Waals surface area (Å²) in [6.45, 7) is 0.0964. The minimum absolute atomic E-state index is 0.0860. The molecule has 2 aromatic rings. The first kappa shape index (κ1) is 14.9. The predicted molar refractivity (Wildman–Crippen MR) is 86.8 cm³/mol. The molecule has 6 heteroatoms. The van der Waals surface area contributed by atoms with Crippen LogP contribution in [0.3, 0.4) is 0 Å². The van der Waals surface area contributed by atoms with E-state index in [2.05, 4.69) is 11.1 Å². The van der Waals surface area contributed by atoms with Crippen molar-refractivity contribution >= 4 is 23.2 Å². The molecule has 2 saturated carbocycles. The molecule has 5 rings (SSSR count). The number of alkyl halides is 2. The third-order valence-corrected chi connectivity index (χ3v) is 7.13. The topological polar surface area (TPSA) is 22.1 Å². The molecule has 24 heavy (non-hydrogen) atoms. The number of rotatable bonds is 3. The fourth-order valence-corrected chi connectivity index (χ4v) is 6.21. The van der Waals surface area contributed by atoms with Crippen LogP contribution in [0.4, 0.5) is 8.78 Å². The zero-order valence-corrected chi connectivity index (χ0v) is 14.0. The van der Waals surface area contributed by atoms with Gasteiger partial charge in [0.15, 0.2) is 11.6 Å². The van der Waals surface area contributed by atoms with Gasteiger partial charge in [0, 0.05) is 29.3 Å². The zero-order valence-electron chi connectivity index (χ0n) is 12.5. The van der Waals surface area contributed by atoms with Crippen LogP contribution in [-0.4, -0.2) is 21.8 Å². The molecule has 0 aliphatic heterocycles. The second-order valence-electron chi connectivity index (χ2n) is 6.88. The SMILES string of the molecule is Fc1ccc(F)c(OC[C@]2(Cl)C[C@@H]3c4cccnc4[C@H]4[C@@H](Cl)[C@@]342)c1. The Labute approximate surface area is 147 Å². The van der Waals surface area contributed by atoms with Gasteiger partial charge in [-0.25, -0.2) is 8.78 Å². The minimum Gasteiger partial charge on any atom is -0.489 e. The van der Waals surface area contributed by atoms with E-state index in [-0.39, 0.29) is 35.0 Å². The van der Waals surface area contributed by atoms with Crippen LogP contribution in [0.5, 0.6) is 5.75 Å². The lowest BCUT2D eigenvalue weighted by Crippen LogP contribution is -2.55. The third kappa shape index (κ3) is 1.59. The van der Waals surface area contributed by atoms with Crippen LogP contribution in [0.15, 0.2) is 36.5 Å². The van der Waals surface area contributed by atoms with Gasteiger partial charge in [-0.3, -0.25) is 4.98 Å². The fourth-order valence-electron chi connectivity index (χ4n) is 4.83. The summed E-state index contributed by atoms with van der Waals surface area (Å²) in [6.07, 6.45) is 2.47. The van der Waals surface area contributed by atoms with Gasteiger partial charge in [-0.05, 0) is 36.1 Å². The first-order valence-electron chi connectivity index (χ1n) is 7.85. The van der Waals surface area contributed by atoms with Gasteiger partial charge in [-0.2, -0.15) is 0 Å². The summed E-state index contributed by atoms with van der Waals surface area (Å²) in [6, 6.07) is 7.15. The first-order chi connectivity index (χ1) is 11.5. The second kappa shape index (κ2) is 4.61. The van der Waals surface area contributed by atoms with Gasteiger partial charge in [-0.1, -0.05) is 6.07 Å². The summed E-state index contributed by atoms with van der Waals surface area (Å²) < 4.78 is 32.6. The number of halogens is 4. The Morgan fingerprint density at radius 3 is 2.96 bits per heavy atom. The van der Waals surface area contributed by atoms with Gasteiger partial charge >= 0.3 is 0 Å². The Morgan fingerprint density at radius 1 is 1.29 bits per heavy atom. The van der Waals surface area contributed by atoms with E-state index in [9.17, 15) is 8.78 Å². The van der Waals surface area contributed by atoms with Crippen LogP contribution in [0, 0.1) is 17.0 Å². The molecule has 2 nitrogen and oxygen atoms in total. The quantitative estimate of drug-likeness (QED) is 0.739. The molecule has 1 aromatic carbocycles. The molecule has 0 unspecified atom stereocenters. The Bertz CT molecular complexity index is 859. The molecule has 2 fully saturated rings. The summed E-state index contributed by atoms with van der Waals surface area (Å²) in [5.74, 6) is -0.876. The number of hydrogen-bond acceptors (Lipinski definition) is 2. The Morgan fingerprint density at radius 2 is 2.12 bits per heavy atom. The average Bonchev–Trinajstić information content (AvgIpc) is 3.14. The number of fused-ring (bicyclic) bond motifs is 3. The third-order valence-electron chi connectivity index (χ3n) is 5.93. The maximum absolute atomic E-state index is 13.8. The number of aromatic nitrogens is 1. The average molecular weight is 368 g/mol. The van der Waals surface area contributed by atoms with Crippen molar-refractivity contribution in [3.8, 4) is 5.75 Å². The van der Waals surface area contributed by atoms with E-state index < -0.39 is 16.5 Å². The van der Waals surface area contributed by atoms with Crippen molar-refractivity contribution in [1.82, 2.24) is 4.98 Å². The Balaban J connectivity index is 1.43. The fraction of sp³-hybridized carbons (Fsp3) is 0.389. The zero-order chi connectivity index (χ0) is 16.7. The van der Waals surface area contributed by atoms with Crippen molar-refractivity contribution in [1.29, 1.82) is 0 Å². The standard InChI is InChI=1S/C18H13Cl2F2NO/c19-16-14-15-10(2-1-5-23-15)11-7-17(20,18(11,14)16)8-24-13-6-9(21)3-4-12(13)22/h1-6,11,14,16H,7-8H2/t11-,14+,16-,17-,18-/m1/s1. The highest BCUT2D eigenvalue weighted by molar-refractivity contribution is 6.31. The summed E-state index contributed by atoms with van der Waals surface area (Å²) >= 11 is 13.4. The lowest BCUT2D eigenvalue weighted by Gasteiger charge is -2.51. The number of hydrogen-bond donors (Lipinski definition) is 0. The van der Waals surface area contributed by atoms with Crippen molar-refractivity contribution < 1.29 is 13.5 Å². The van der Waals surface area contributed by atoms with E-state index in [4.69, 9.17) is 27.9 Å². The van der Waals surface area contributed by atoms with E-state index in [1.807, 2.05) is 6.07 Å². The monoisotopic (exact) mass is 367 g/mol. The van der Waals surface area contributed by atoms with Gasteiger partial charge in [0.05, 0.1) is 10.3 Å². The van der Waals surface area contributed by atoms with E-state index in [1.54, 1.807) is 6.20 Å². The summed E-state index contributed by atoms with van der Waals surface area (Å²) in [5, 5.41) is -0.0860. The van der Waals surface area contributed by atoms with Crippen molar-refractivity contribution in [2.24, 2.45) is 5.41 Å². The molecule has 1 heterocycles. The molecule has 124 valence electrons. The van der Waals surface area contributed by atoms with E-state index in [0.717, 1.165) is 23.9 Å². The van der Waals surface area contributed by atoms with Crippen LogP contribution in [-0.2, 0) is 0 Å². The summed E-state index contributed by atoms with van der Waals surface area (Å²) in [7, 11) is 0. The van der Waals surface area contributed by atoms with Gasteiger partial charge < -0.3 is 4.74 Å². The maximum atomic E-state index is 13.8. The minimum atomic E-state index is -0.686. The van der Waals surface area contributed by atoms with E-state index in [1.165, 1.54) is 5.56 Å². The molecule has 3 aliphatic rings. The van der Waals surface area contributed by atoms with Gasteiger partial charge in [-0.15, -0.1) is 23.2 Å². The molecule has 1 spiro atoms. The van der Waals surface area contributed by atoms with Crippen molar-refractivity contribution in [3.63, 3.8) is 0 Å². The molecular weight excluding hydrogens is 355 g/mol. The summed E-state index contributed by atoms with van der Waals surface area (Å²) in [4.78, 5) is 3.80. The number of benzene rings is 1. The molecule has 0 bridgehead atoms. The summed E-state index contributed by atoms with van der Waals surface area (Å²) in [5.41, 5.74) is 1.96. The molecule has 0 N–H and O–H groups in total. The molecule has 5 atom stereocenters.